The van der Waals surface area contributed by atoms with Gasteiger partial charge >= 0.3 is 0 Å². The predicted octanol–water partition coefficient (Wildman–Crippen LogP) is 3.95. The summed E-state index contributed by atoms with van der Waals surface area (Å²) >= 11 is 5.84. The van der Waals surface area contributed by atoms with Crippen LogP contribution in [0.1, 0.15) is 44.1 Å². The van der Waals surface area contributed by atoms with E-state index in [0.717, 1.165) is 23.6 Å². The standard InChI is InChI=1S/C14H19ClN2O/c1-10-8-12(9-16-14(10)15)17-13(18)7-6-11-4-2-3-5-11/h8-9,11H,2-7H2,1H3,(H,17,18). The number of hydrogen-bond acceptors (Lipinski definition) is 2. The number of halogens is 1. The minimum atomic E-state index is 0.0745. The molecular weight excluding hydrogens is 248 g/mol. The number of amides is 1. The monoisotopic (exact) mass is 266 g/mol. The van der Waals surface area contributed by atoms with Gasteiger partial charge < -0.3 is 5.32 Å². The van der Waals surface area contributed by atoms with Gasteiger partial charge in [-0.25, -0.2) is 4.98 Å². The molecule has 1 aliphatic rings. The van der Waals surface area contributed by atoms with Crippen LogP contribution in [0.4, 0.5) is 5.69 Å². The van der Waals surface area contributed by atoms with Gasteiger partial charge in [0, 0.05) is 6.42 Å². The number of aromatic nitrogens is 1. The first kappa shape index (κ1) is 13.3. The summed E-state index contributed by atoms with van der Waals surface area (Å²) in [6, 6.07) is 1.85. The molecule has 1 aromatic heterocycles. The van der Waals surface area contributed by atoms with Crippen molar-refractivity contribution in [3.8, 4) is 0 Å². The number of aryl methyl sites for hydroxylation is 1. The minimum Gasteiger partial charge on any atom is -0.325 e. The Hall–Kier alpha value is -1.09. The van der Waals surface area contributed by atoms with E-state index < -0.39 is 0 Å². The van der Waals surface area contributed by atoms with Crippen LogP contribution in [0.5, 0.6) is 0 Å². The highest BCUT2D eigenvalue weighted by molar-refractivity contribution is 6.30. The maximum Gasteiger partial charge on any atom is 0.224 e. The van der Waals surface area contributed by atoms with E-state index in [1.165, 1.54) is 25.7 Å². The van der Waals surface area contributed by atoms with Crippen molar-refractivity contribution < 1.29 is 4.79 Å². The van der Waals surface area contributed by atoms with Crippen LogP contribution in [0.2, 0.25) is 5.15 Å². The minimum absolute atomic E-state index is 0.0745. The van der Waals surface area contributed by atoms with Crippen LogP contribution in [0.25, 0.3) is 0 Å². The summed E-state index contributed by atoms with van der Waals surface area (Å²) in [6.07, 6.45) is 8.43. The molecule has 0 aliphatic heterocycles. The summed E-state index contributed by atoms with van der Waals surface area (Å²) in [4.78, 5) is 15.8. The van der Waals surface area contributed by atoms with Gasteiger partial charge in [0.25, 0.3) is 0 Å². The van der Waals surface area contributed by atoms with Crippen LogP contribution in [0.3, 0.4) is 0 Å². The summed E-state index contributed by atoms with van der Waals surface area (Å²) in [5.74, 6) is 0.825. The van der Waals surface area contributed by atoms with E-state index in [1.54, 1.807) is 6.20 Å². The number of hydrogen-bond donors (Lipinski definition) is 1. The predicted molar refractivity (Wildman–Crippen MR) is 73.8 cm³/mol. The van der Waals surface area contributed by atoms with Gasteiger partial charge in [0.1, 0.15) is 5.15 Å². The molecule has 0 radical (unpaired) electrons. The number of carbonyl (C=O) groups excluding carboxylic acids is 1. The highest BCUT2D eigenvalue weighted by atomic mass is 35.5. The lowest BCUT2D eigenvalue weighted by atomic mass is 10.0. The highest BCUT2D eigenvalue weighted by Crippen LogP contribution is 2.28. The molecule has 0 spiro atoms. The molecule has 18 heavy (non-hydrogen) atoms. The molecule has 1 aliphatic carbocycles. The summed E-state index contributed by atoms with van der Waals surface area (Å²) in [6.45, 7) is 1.88. The third kappa shape index (κ3) is 3.70. The van der Waals surface area contributed by atoms with E-state index in [9.17, 15) is 4.79 Å². The van der Waals surface area contributed by atoms with Crippen molar-refractivity contribution in [3.05, 3.63) is 23.0 Å². The van der Waals surface area contributed by atoms with E-state index >= 15 is 0 Å². The fourth-order valence-corrected chi connectivity index (χ4v) is 2.59. The topological polar surface area (TPSA) is 42.0 Å². The maximum atomic E-state index is 11.8. The van der Waals surface area contributed by atoms with E-state index in [1.807, 2.05) is 13.0 Å². The average Bonchev–Trinajstić information content (AvgIpc) is 2.84. The van der Waals surface area contributed by atoms with Gasteiger partial charge in [-0.3, -0.25) is 4.79 Å². The lowest BCUT2D eigenvalue weighted by molar-refractivity contribution is -0.116. The van der Waals surface area contributed by atoms with E-state index in [-0.39, 0.29) is 5.91 Å². The van der Waals surface area contributed by atoms with Gasteiger partial charge in [0.05, 0.1) is 11.9 Å². The number of rotatable bonds is 4. The second-order valence-electron chi connectivity index (χ2n) is 5.07. The van der Waals surface area contributed by atoms with Gasteiger partial charge in [0.2, 0.25) is 5.91 Å². The molecule has 1 heterocycles. The lowest BCUT2D eigenvalue weighted by Crippen LogP contribution is -2.13. The lowest BCUT2D eigenvalue weighted by Gasteiger charge is -2.09. The van der Waals surface area contributed by atoms with Crippen LogP contribution < -0.4 is 5.32 Å². The molecule has 4 heteroatoms. The van der Waals surface area contributed by atoms with E-state index in [0.29, 0.717) is 11.6 Å². The Morgan fingerprint density at radius 2 is 2.22 bits per heavy atom. The number of carbonyl (C=O) groups is 1. The van der Waals surface area contributed by atoms with Crippen LogP contribution in [0, 0.1) is 12.8 Å². The van der Waals surface area contributed by atoms with Crippen molar-refractivity contribution >= 4 is 23.2 Å². The molecule has 2 rings (SSSR count). The van der Waals surface area contributed by atoms with Crippen molar-refractivity contribution in [2.45, 2.75) is 45.4 Å². The molecule has 98 valence electrons. The molecule has 0 bridgehead atoms. The summed E-state index contributed by atoms with van der Waals surface area (Å²) in [5.41, 5.74) is 1.61. The molecule has 1 amide bonds. The van der Waals surface area contributed by atoms with Crippen molar-refractivity contribution in [2.75, 3.05) is 5.32 Å². The van der Waals surface area contributed by atoms with Gasteiger partial charge in [-0.1, -0.05) is 37.3 Å². The van der Waals surface area contributed by atoms with Gasteiger partial charge in [-0.05, 0) is 30.9 Å². The van der Waals surface area contributed by atoms with Crippen LogP contribution in [-0.4, -0.2) is 10.9 Å². The van der Waals surface area contributed by atoms with Gasteiger partial charge in [-0.15, -0.1) is 0 Å². The molecule has 3 nitrogen and oxygen atoms in total. The highest BCUT2D eigenvalue weighted by Gasteiger charge is 2.16. The Morgan fingerprint density at radius 3 is 2.89 bits per heavy atom. The second-order valence-corrected chi connectivity index (χ2v) is 5.43. The first-order valence-electron chi connectivity index (χ1n) is 6.57. The molecule has 0 aromatic carbocycles. The molecule has 1 N–H and O–H groups in total. The van der Waals surface area contributed by atoms with Crippen LogP contribution in [-0.2, 0) is 4.79 Å². The zero-order valence-electron chi connectivity index (χ0n) is 10.7. The Balaban J connectivity index is 1.80. The van der Waals surface area contributed by atoms with Gasteiger partial charge in [0.15, 0.2) is 0 Å². The fraction of sp³-hybridized carbons (Fsp3) is 0.571. The van der Waals surface area contributed by atoms with Crippen LogP contribution >= 0.6 is 11.6 Å². The maximum absolute atomic E-state index is 11.8. The Kier molecular flexibility index (Phi) is 4.59. The molecule has 1 saturated carbocycles. The molecule has 0 saturated heterocycles. The fourth-order valence-electron chi connectivity index (χ4n) is 2.48. The SMILES string of the molecule is Cc1cc(NC(=O)CCC2CCCC2)cnc1Cl. The van der Waals surface area contributed by atoms with Crippen molar-refractivity contribution in [1.82, 2.24) is 4.98 Å². The molecular formula is C14H19ClN2O. The number of anilines is 1. The Labute approximate surface area is 113 Å². The quantitative estimate of drug-likeness (QED) is 0.839. The largest absolute Gasteiger partial charge is 0.325 e. The Morgan fingerprint density at radius 1 is 1.50 bits per heavy atom. The summed E-state index contributed by atoms with van der Waals surface area (Å²) in [5, 5.41) is 3.36. The third-order valence-electron chi connectivity index (χ3n) is 3.55. The van der Waals surface area contributed by atoms with Crippen LogP contribution in [0.15, 0.2) is 12.3 Å². The van der Waals surface area contributed by atoms with Crippen molar-refractivity contribution in [2.24, 2.45) is 5.92 Å². The third-order valence-corrected chi connectivity index (χ3v) is 3.95. The first-order chi connectivity index (χ1) is 8.65. The van der Waals surface area contributed by atoms with Crippen molar-refractivity contribution in [1.29, 1.82) is 0 Å². The zero-order chi connectivity index (χ0) is 13.0. The summed E-state index contributed by atoms with van der Waals surface area (Å²) < 4.78 is 0. The smallest absolute Gasteiger partial charge is 0.224 e. The molecule has 1 aromatic rings. The average molecular weight is 267 g/mol. The Bertz CT molecular complexity index is 428. The van der Waals surface area contributed by atoms with Gasteiger partial charge in [-0.2, -0.15) is 0 Å². The first-order valence-corrected chi connectivity index (χ1v) is 6.95. The molecule has 0 unspecified atom stereocenters. The second kappa shape index (κ2) is 6.19. The normalized spacial score (nSPS) is 15.9. The van der Waals surface area contributed by atoms with E-state index in [2.05, 4.69) is 10.3 Å². The summed E-state index contributed by atoms with van der Waals surface area (Å²) in [7, 11) is 0. The zero-order valence-corrected chi connectivity index (χ0v) is 11.5. The molecule has 0 atom stereocenters. The number of nitrogens with zero attached hydrogens (tertiary/aromatic N) is 1. The number of pyridine rings is 1. The number of nitrogens with one attached hydrogen (secondary N) is 1. The van der Waals surface area contributed by atoms with E-state index in [4.69, 9.17) is 11.6 Å². The molecule has 1 fully saturated rings. The van der Waals surface area contributed by atoms with Crippen molar-refractivity contribution in [3.63, 3.8) is 0 Å².